The van der Waals surface area contributed by atoms with Crippen molar-refractivity contribution in [1.82, 2.24) is 9.88 Å². The Balaban J connectivity index is 2.08. The van der Waals surface area contributed by atoms with Gasteiger partial charge in [-0.3, -0.25) is 4.79 Å². The van der Waals surface area contributed by atoms with E-state index < -0.39 is 5.97 Å². The summed E-state index contributed by atoms with van der Waals surface area (Å²) in [6, 6.07) is 7.29. The van der Waals surface area contributed by atoms with Crippen LogP contribution in [-0.2, 0) is 11.3 Å². The molecule has 1 aromatic heterocycles. The number of thiazole rings is 1. The molecule has 0 fully saturated rings. The number of carbonyl (C=O) groups is 2. The van der Waals surface area contributed by atoms with Gasteiger partial charge in [0, 0.05) is 17.5 Å². The first-order chi connectivity index (χ1) is 14.1. The molecular formula is C22H30N2O4S. The van der Waals surface area contributed by atoms with E-state index in [9.17, 15) is 9.59 Å². The van der Waals surface area contributed by atoms with E-state index in [-0.39, 0.29) is 11.6 Å². The summed E-state index contributed by atoms with van der Waals surface area (Å²) in [5, 5.41) is 2.38. The van der Waals surface area contributed by atoms with Crippen LogP contribution in [-0.4, -0.2) is 42.0 Å². The van der Waals surface area contributed by atoms with E-state index in [0.717, 1.165) is 42.9 Å². The molecule has 0 aliphatic heterocycles. The van der Waals surface area contributed by atoms with Gasteiger partial charge in [0.1, 0.15) is 10.8 Å². The number of benzene rings is 1. The molecule has 2 rings (SSSR count). The molecule has 1 aromatic carbocycles. The average molecular weight is 419 g/mol. The van der Waals surface area contributed by atoms with Gasteiger partial charge in [-0.25, -0.2) is 9.78 Å². The monoisotopic (exact) mass is 418 g/mol. The van der Waals surface area contributed by atoms with Gasteiger partial charge in [0.25, 0.3) is 5.91 Å². The minimum atomic E-state index is -0.463. The van der Waals surface area contributed by atoms with Crippen molar-refractivity contribution in [1.29, 1.82) is 0 Å². The molecule has 0 saturated heterocycles. The number of carbonyl (C=O) groups excluding carboxylic acids is 2. The number of hydrogen-bond donors (Lipinski definition) is 0. The zero-order chi connectivity index (χ0) is 21.1. The smallest absolute Gasteiger partial charge is 0.357 e. The van der Waals surface area contributed by atoms with Crippen LogP contribution in [0.1, 0.15) is 71.8 Å². The molecule has 0 radical (unpaired) electrons. The maximum Gasteiger partial charge on any atom is 0.357 e. The van der Waals surface area contributed by atoms with Crippen molar-refractivity contribution >= 4 is 23.2 Å². The Kier molecular flexibility index (Phi) is 9.64. The van der Waals surface area contributed by atoms with E-state index in [4.69, 9.17) is 9.47 Å². The first kappa shape index (κ1) is 22.9. The molecule has 7 heteroatoms. The molecule has 158 valence electrons. The highest BCUT2D eigenvalue weighted by atomic mass is 32.1. The maximum atomic E-state index is 13.1. The van der Waals surface area contributed by atoms with E-state index in [0.29, 0.717) is 25.3 Å². The number of rotatable bonds is 12. The third-order valence-corrected chi connectivity index (χ3v) is 5.29. The van der Waals surface area contributed by atoms with Crippen molar-refractivity contribution in [2.45, 2.75) is 52.5 Å². The molecule has 2 aromatic rings. The summed E-state index contributed by atoms with van der Waals surface area (Å²) in [5.41, 5.74) is 0.899. The summed E-state index contributed by atoms with van der Waals surface area (Å²) in [7, 11) is 1.33. The summed E-state index contributed by atoms with van der Waals surface area (Å²) in [4.78, 5) is 30.8. The largest absolute Gasteiger partial charge is 0.494 e. The first-order valence-corrected chi connectivity index (χ1v) is 11.0. The van der Waals surface area contributed by atoms with Crippen LogP contribution in [0.2, 0.25) is 0 Å². The minimum Gasteiger partial charge on any atom is -0.494 e. The predicted molar refractivity (Wildman–Crippen MR) is 115 cm³/mol. The zero-order valence-electron chi connectivity index (χ0n) is 17.5. The highest BCUT2D eigenvalue weighted by Crippen LogP contribution is 2.18. The van der Waals surface area contributed by atoms with Gasteiger partial charge in [0.15, 0.2) is 5.69 Å². The Morgan fingerprint density at radius 3 is 2.45 bits per heavy atom. The Bertz CT molecular complexity index is 773. The van der Waals surface area contributed by atoms with E-state index >= 15 is 0 Å². The SMILES string of the molecule is CCCCCN(Cc1nc(C(=O)OC)cs1)C(=O)c1ccc(OCCCC)cc1. The summed E-state index contributed by atoms with van der Waals surface area (Å²) < 4.78 is 10.4. The molecule has 29 heavy (non-hydrogen) atoms. The highest BCUT2D eigenvalue weighted by molar-refractivity contribution is 7.09. The van der Waals surface area contributed by atoms with Crippen LogP contribution in [0.4, 0.5) is 0 Å². The Morgan fingerprint density at radius 1 is 1.07 bits per heavy atom. The van der Waals surface area contributed by atoms with Crippen LogP contribution in [0.15, 0.2) is 29.6 Å². The fraction of sp³-hybridized carbons (Fsp3) is 0.500. The topological polar surface area (TPSA) is 68.7 Å². The van der Waals surface area contributed by atoms with Gasteiger partial charge >= 0.3 is 5.97 Å². The number of esters is 1. The summed E-state index contributed by atoms with van der Waals surface area (Å²) in [5.74, 6) is 0.265. The number of unbranched alkanes of at least 4 members (excludes halogenated alkanes) is 3. The Labute approximate surface area is 176 Å². The lowest BCUT2D eigenvalue weighted by molar-refractivity contribution is 0.0594. The molecule has 0 bridgehead atoms. The molecule has 0 saturated carbocycles. The number of hydrogen-bond acceptors (Lipinski definition) is 6. The zero-order valence-corrected chi connectivity index (χ0v) is 18.3. The molecule has 1 amide bonds. The summed E-state index contributed by atoms with van der Waals surface area (Å²) >= 11 is 1.36. The maximum absolute atomic E-state index is 13.1. The molecule has 0 aliphatic rings. The van der Waals surface area contributed by atoms with Gasteiger partial charge in [0.05, 0.1) is 20.3 Å². The number of aromatic nitrogens is 1. The lowest BCUT2D eigenvalue weighted by atomic mass is 10.1. The van der Waals surface area contributed by atoms with Crippen LogP contribution >= 0.6 is 11.3 Å². The lowest BCUT2D eigenvalue weighted by Gasteiger charge is -2.22. The molecule has 1 heterocycles. The fourth-order valence-electron chi connectivity index (χ4n) is 2.76. The van der Waals surface area contributed by atoms with Crippen molar-refractivity contribution in [2.75, 3.05) is 20.3 Å². The third kappa shape index (κ3) is 7.16. The molecular weight excluding hydrogens is 388 g/mol. The predicted octanol–water partition coefficient (Wildman–Crippen LogP) is 4.94. The van der Waals surface area contributed by atoms with E-state index in [1.165, 1.54) is 18.4 Å². The molecule has 0 atom stereocenters. The van der Waals surface area contributed by atoms with Crippen molar-refractivity contribution in [3.05, 3.63) is 45.9 Å². The van der Waals surface area contributed by atoms with Gasteiger partial charge in [-0.15, -0.1) is 11.3 Å². The van der Waals surface area contributed by atoms with Gasteiger partial charge in [0.2, 0.25) is 0 Å². The highest BCUT2D eigenvalue weighted by Gasteiger charge is 2.19. The second kappa shape index (κ2) is 12.2. The number of ether oxygens (including phenoxy) is 2. The Morgan fingerprint density at radius 2 is 1.79 bits per heavy atom. The van der Waals surface area contributed by atoms with E-state index in [2.05, 4.69) is 18.8 Å². The fourth-order valence-corrected chi connectivity index (χ4v) is 3.54. The average Bonchev–Trinajstić information content (AvgIpc) is 3.21. The minimum absolute atomic E-state index is 0.0453. The standard InChI is InChI=1S/C22H30N2O4S/c1-4-6-8-13-24(15-20-23-19(16-29-20)22(26)27-3)21(25)17-9-11-18(12-10-17)28-14-7-5-2/h9-12,16H,4-8,13-15H2,1-3H3. The van der Waals surface area contributed by atoms with Crippen LogP contribution in [0.5, 0.6) is 5.75 Å². The second-order valence-corrected chi connectivity index (χ2v) is 7.72. The van der Waals surface area contributed by atoms with Gasteiger partial charge in [-0.2, -0.15) is 0 Å². The third-order valence-electron chi connectivity index (χ3n) is 4.46. The second-order valence-electron chi connectivity index (χ2n) is 6.78. The molecule has 0 aliphatic carbocycles. The van der Waals surface area contributed by atoms with Crippen molar-refractivity contribution in [3.8, 4) is 5.75 Å². The van der Waals surface area contributed by atoms with E-state index in [1.54, 1.807) is 22.4 Å². The van der Waals surface area contributed by atoms with Crippen molar-refractivity contribution in [2.24, 2.45) is 0 Å². The van der Waals surface area contributed by atoms with Gasteiger partial charge < -0.3 is 14.4 Å². The summed E-state index contributed by atoms with van der Waals surface area (Å²) in [6.07, 6.45) is 5.15. The molecule has 0 N–H and O–H groups in total. The van der Waals surface area contributed by atoms with Crippen LogP contribution < -0.4 is 4.74 Å². The number of amides is 1. The first-order valence-electron chi connectivity index (χ1n) is 10.1. The van der Waals surface area contributed by atoms with Crippen molar-refractivity contribution < 1.29 is 19.1 Å². The van der Waals surface area contributed by atoms with Crippen LogP contribution in [0.3, 0.4) is 0 Å². The molecule has 0 unspecified atom stereocenters. The van der Waals surface area contributed by atoms with Gasteiger partial charge in [-0.05, 0) is 37.1 Å². The Hall–Kier alpha value is -2.41. The van der Waals surface area contributed by atoms with Crippen molar-refractivity contribution in [3.63, 3.8) is 0 Å². The van der Waals surface area contributed by atoms with Gasteiger partial charge in [-0.1, -0.05) is 33.1 Å². The van der Waals surface area contributed by atoms with Crippen LogP contribution in [0, 0.1) is 0 Å². The molecule has 0 spiro atoms. The van der Waals surface area contributed by atoms with Crippen LogP contribution in [0.25, 0.3) is 0 Å². The lowest BCUT2D eigenvalue weighted by Crippen LogP contribution is -2.31. The summed E-state index contributed by atoms with van der Waals surface area (Å²) in [6.45, 7) is 5.95. The molecule has 6 nitrogen and oxygen atoms in total. The number of nitrogens with zero attached hydrogens (tertiary/aromatic N) is 2. The number of methoxy groups -OCH3 is 1. The quantitative estimate of drug-likeness (QED) is 0.361. The normalized spacial score (nSPS) is 10.6. The van der Waals surface area contributed by atoms with E-state index in [1.807, 2.05) is 12.1 Å².